The SMILES string of the molecule is NC(=O)CCc1ccc(O)c(CN(CCN(CC(=O)O)Cc2cc(CCC(=O)NC(P(=O)(O)O)P(=O)(O)O)ccc2O)CC(=O)O)c1. The van der Waals surface area contributed by atoms with Crippen LogP contribution in [0.1, 0.15) is 35.1 Å². The zero-order valence-corrected chi connectivity index (χ0v) is 26.8. The number of nitrogens with one attached hydrogen (secondary N) is 1. The lowest BCUT2D eigenvalue weighted by atomic mass is 10.0. The Balaban J connectivity index is 2.16. The predicted molar refractivity (Wildman–Crippen MR) is 164 cm³/mol. The fraction of sp³-hybridized carbons (Fsp3) is 0.407. The summed E-state index contributed by atoms with van der Waals surface area (Å²) in [6.45, 7) is -1.11. The molecule has 47 heavy (non-hydrogen) atoms. The smallest absolute Gasteiger partial charge is 0.360 e. The molecule has 0 heterocycles. The number of benzene rings is 2. The number of rotatable bonds is 20. The third-order valence-electron chi connectivity index (χ3n) is 6.75. The topological polar surface area (TPSA) is 309 Å². The summed E-state index contributed by atoms with van der Waals surface area (Å²) in [4.78, 5) is 86.2. The predicted octanol–water partition coefficient (Wildman–Crippen LogP) is -0.323. The van der Waals surface area contributed by atoms with Crippen molar-refractivity contribution >= 4 is 38.9 Å². The van der Waals surface area contributed by atoms with Crippen molar-refractivity contribution in [2.75, 3.05) is 26.2 Å². The number of nitrogens with zero attached hydrogens (tertiary/aromatic N) is 2. The molecule has 2 amide bonds. The van der Waals surface area contributed by atoms with Crippen LogP contribution in [0.3, 0.4) is 0 Å². The number of phenols is 2. The van der Waals surface area contributed by atoms with Gasteiger partial charge >= 0.3 is 27.1 Å². The van der Waals surface area contributed by atoms with Crippen molar-refractivity contribution in [2.45, 2.75) is 44.3 Å². The lowest BCUT2D eigenvalue weighted by molar-refractivity contribution is -0.140. The average Bonchev–Trinajstić information content (AvgIpc) is 2.93. The van der Waals surface area contributed by atoms with Crippen LogP contribution in [-0.4, -0.2) is 105 Å². The first-order valence-electron chi connectivity index (χ1n) is 13.9. The van der Waals surface area contributed by atoms with E-state index in [9.17, 15) is 68.3 Å². The summed E-state index contributed by atoms with van der Waals surface area (Å²) in [5.41, 5.74) is 4.21. The molecular weight excluding hydrogens is 666 g/mol. The van der Waals surface area contributed by atoms with Crippen molar-refractivity contribution in [2.24, 2.45) is 5.73 Å². The Kier molecular flexibility index (Phi) is 14.5. The Labute approximate surface area is 268 Å². The maximum atomic E-state index is 12.2. The molecule has 0 aliphatic carbocycles. The summed E-state index contributed by atoms with van der Waals surface area (Å²) < 4.78 is 22.8. The van der Waals surface area contributed by atoms with Gasteiger partial charge in [0.15, 0.2) is 0 Å². The molecule has 2 aromatic carbocycles. The molecule has 0 fully saturated rings. The summed E-state index contributed by atoms with van der Waals surface area (Å²) in [7, 11) is -10.8. The van der Waals surface area contributed by atoms with Crippen LogP contribution >= 0.6 is 15.2 Å². The number of carbonyl (C=O) groups excluding carboxylic acids is 2. The molecule has 18 nitrogen and oxygen atoms in total. The van der Waals surface area contributed by atoms with Crippen LogP contribution in [0, 0.1) is 0 Å². The number of aryl methyl sites for hydroxylation is 2. The second kappa shape index (κ2) is 17.3. The maximum absolute atomic E-state index is 12.2. The zero-order valence-electron chi connectivity index (χ0n) is 25.0. The normalized spacial score (nSPS) is 12.1. The number of amides is 2. The maximum Gasteiger partial charge on any atom is 0.360 e. The highest BCUT2D eigenvalue weighted by Crippen LogP contribution is 2.58. The van der Waals surface area contributed by atoms with E-state index < -0.39 is 64.0 Å². The van der Waals surface area contributed by atoms with E-state index in [0.29, 0.717) is 23.1 Å². The van der Waals surface area contributed by atoms with E-state index in [2.05, 4.69) is 0 Å². The van der Waals surface area contributed by atoms with Crippen molar-refractivity contribution in [3.05, 3.63) is 58.7 Å². The molecule has 260 valence electrons. The van der Waals surface area contributed by atoms with Gasteiger partial charge in [-0.2, -0.15) is 0 Å². The monoisotopic (exact) mass is 704 g/mol. The lowest BCUT2D eigenvalue weighted by Crippen LogP contribution is -2.39. The minimum atomic E-state index is -5.39. The standard InChI is InChI=1S/C27H38N4O14P2/c28-23(34)7-3-17-1-5-21(32)19(11-17)13-30(15-25(36)37)9-10-31(16-26(38)39)14-20-12-18(2-6-22(20)33)4-8-24(35)29-27(46(40,41)42)47(43,44)45/h1-2,5-6,11-12,27,32-33H,3-4,7-10,13-16H2,(H2,28,34)(H,29,35)(H,36,37)(H,38,39)(H2,40,41,42)(H2,43,44,45). The lowest BCUT2D eigenvalue weighted by Gasteiger charge is -2.26. The highest BCUT2D eigenvalue weighted by atomic mass is 31.2. The molecule has 11 N–H and O–H groups in total. The van der Waals surface area contributed by atoms with Crippen LogP contribution in [0.4, 0.5) is 0 Å². The van der Waals surface area contributed by atoms with Gasteiger partial charge in [-0.15, -0.1) is 0 Å². The van der Waals surface area contributed by atoms with E-state index in [-0.39, 0.29) is 56.1 Å². The van der Waals surface area contributed by atoms with Crippen molar-refractivity contribution < 1.29 is 68.3 Å². The molecule has 20 heteroatoms. The molecule has 0 aromatic heterocycles. The van der Waals surface area contributed by atoms with E-state index in [1.807, 2.05) is 0 Å². The number of carbonyl (C=O) groups is 4. The quantitative estimate of drug-likeness (QED) is 0.0790. The summed E-state index contributed by atoms with van der Waals surface area (Å²) in [5.74, 6) is -4.31. The Morgan fingerprint density at radius 1 is 0.723 bits per heavy atom. The Bertz CT molecular complexity index is 1520. The third-order valence-corrected chi connectivity index (χ3v) is 10.1. The third kappa shape index (κ3) is 14.2. The van der Waals surface area contributed by atoms with Crippen LogP contribution in [-0.2, 0) is 54.2 Å². The first-order chi connectivity index (χ1) is 21.7. The van der Waals surface area contributed by atoms with Crippen molar-refractivity contribution in [1.82, 2.24) is 15.1 Å². The first-order valence-corrected chi connectivity index (χ1v) is 17.3. The van der Waals surface area contributed by atoms with E-state index in [0.717, 1.165) is 0 Å². The number of phenolic OH excluding ortho intramolecular Hbond substituents is 2. The average molecular weight is 705 g/mol. The van der Waals surface area contributed by atoms with E-state index in [1.54, 1.807) is 17.4 Å². The first kappa shape index (κ1) is 39.3. The molecule has 0 atom stereocenters. The van der Waals surface area contributed by atoms with Gasteiger partial charge in [-0.05, 0) is 36.1 Å². The molecule has 0 radical (unpaired) electrons. The van der Waals surface area contributed by atoms with E-state index in [4.69, 9.17) is 5.73 Å². The van der Waals surface area contributed by atoms with Gasteiger partial charge < -0.3 is 51.1 Å². The molecule has 0 saturated heterocycles. The molecule has 0 saturated carbocycles. The molecule has 2 rings (SSSR count). The van der Waals surface area contributed by atoms with Gasteiger partial charge in [0.1, 0.15) is 11.5 Å². The summed E-state index contributed by atoms with van der Waals surface area (Å²) >= 11 is 0. The zero-order chi connectivity index (χ0) is 35.5. The number of hydrogen-bond acceptors (Lipinski definition) is 10. The molecule has 0 spiro atoms. The number of nitrogens with two attached hydrogens (primary N) is 1. The Hall–Kier alpha value is -3.86. The second-order valence-corrected chi connectivity index (χ2v) is 14.5. The molecule has 0 bridgehead atoms. The summed E-state index contributed by atoms with van der Waals surface area (Å²) in [6, 6.07) is 8.78. The van der Waals surface area contributed by atoms with Crippen LogP contribution in [0.2, 0.25) is 0 Å². The van der Waals surface area contributed by atoms with Crippen molar-refractivity contribution in [3.8, 4) is 11.5 Å². The number of primary amides is 1. The molecule has 0 unspecified atom stereocenters. The minimum Gasteiger partial charge on any atom is -0.508 e. The number of aromatic hydroxyl groups is 2. The fourth-order valence-corrected chi connectivity index (χ4v) is 6.71. The van der Waals surface area contributed by atoms with Crippen molar-refractivity contribution in [1.29, 1.82) is 0 Å². The molecular formula is C27H38N4O14P2. The highest BCUT2D eigenvalue weighted by molar-refractivity contribution is 7.70. The van der Waals surface area contributed by atoms with E-state index >= 15 is 0 Å². The van der Waals surface area contributed by atoms with Gasteiger partial charge in [0.05, 0.1) is 13.1 Å². The number of hydrogen-bond donors (Lipinski definition) is 10. The molecule has 0 aliphatic heterocycles. The minimum absolute atomic E-state index is 0.0000776. The second-order valence-electron chi connectivity index (χ2n) is 10.7. The van der Waals surface area contributed by atoms with Gasteiger partial charge in [-0.1, -0.05) is 24.3 Å². The van der Waals surface area contributed by atoms with Gasteiger partial charge in [-0.25, -0.2) is 0 Å². The van der Waals surface area contributed by atoms with Gasteiger partial charge in [0.2, 0.25) is 17.3 Å². The van der Waals surface area contributed by atoms with Gasteiger partial charge in [0.25, 0.3) is 0 Å². The van der Waals surface area contributed by atoms with Crippen LogP contribution in [0.25, 0.3) is 0 Å². The molecule has 0 aliphatic rings. The largest absolute Gasteiger partial charge is 0.508 e. The van der Waals surface area contributed by atoms with Crippen LogP contribution in [0.15, 0.2) is 36.4 Å². The number of aliphatic carboxylic acids is 2. The van der Waals surface area contributed by atoms with Gasteiger partial charge in [0, 0.05) is 50.1 Å². The Morgan fingerprint density at radius 3 is 1.49 bits per heavy atom. The number of carboxylic acid groups (broad SMARTS) is 2. The number of carboxylic acids is 2. The highest BCUT2D eigenvalue weighted by Gasteiger charge is 2.44. The van der Waals surface area contributed by atoms with E-state index in [1.165, 1.54) is 34.1 Å². The Morgan fingerprint density at radius 2 is 1.13 bits per heavy atom. The molecule has 2 aromatic rings. The summed E-state index contributed by atoms with van der Waals surface area (Å²) in [5, 5.41) is 41.4. The van der Waals surface area contributed by atoms with Gasteiger partial charge in [-0.3, -0.25) is 38.1 Å². The van der Waals surface area contributed by atoms with Crippen LogP contribution in [0.5, 0.6) is 11.5 Å². The summed E-state index contributed by atoms with van der Waals surface area (Å²) in [6.07, 6.45) is -0.146. The fourth-order valence-electron chi connectivity index (χ4n) is 4.52. The van der Waals surface area contributed by atoms with Crippen LogP contribution < -0.4 is 11.1 Å². The van der Waals surface area contributed by atoms with Crippen molar-refractivity contribution in [3.63, 3.8) is 0 Å².